The van der Waals surface area contributed by atoms with Crippen LogP contribution in [-0.2, 0) is 4.79 Å². The lowest BCUT2D eigenvalue weighted by molar-refractivity contribution is -0.121. The van der Waals surface area contributed by atoms with Crippen LogP contribution in [-0.4, -0.2) is 62.6 Å². The molecular weight excluding hydrogens is 302 g/mol. The van der Waals surface area contributed by atoms with Crippen LogP contribution in [0, 0.1) is 0 Å². The Morgan fingerprint density at radius 2 is 1.83 bits per heavy atom. The second kappa shape index (κ2) is 9.15. The summed E-state index contributed by atoms with van der Waals surface area (Å²) in [5.41, 5.74) is 1.27. The van der Waals surface area contributed by atoms with E-state index in [0.29, 0.717) is 13.0 Å². The molecular formula is C18H29N5O. The van der Waals surface area contributed by atoms with Crippen molar-refractivity contribution >= 4 is 17.6 Å². The maximum Gasteiger partial charge on any atom is 0.221 e. The number of benzene rings is 1. The minimum atomic E-state index is 0.0712. The van der Waals surface area contributed by atoms with Gasteiger partial charge >= 0.3 is 0 Å². The van der Waals surface area contributed by atoms with E-state index < -0.39 is 0 Å². The summed E-state index contributed by atoms with van der Waals surface area (Å²) in [6.45, 7) is 8.33. The molecule has 2 N–H and O–H groups in total. The molecule has 0 atom stereocenters. The van der Waals surface area contributed by atoms with E-state index in [9.17, 15) is 4.79 Å². The van der Waals surface area contributed by atoms with Crippen molar-refractivity contribution in [3.05, 3.63) is 30.3 Å². The van der Waals surface area contributed by atoms with Gasteiger partial charge in [-0.25, -0.2) is 0 Å². The van der Waals surface area contributed by atoms with Crippen molar-refractivity contribution in [1.29, 1.82) is 0 Å². The third-order valence-electron chi connectivity index (χ3n) is 4.00. The molecule has 0 unspecified atom stereocenters. The normalized spacial score (nSPS) is 15.6. The number of amides is 1. The Morgan fingerprint density at radius 3 is 2.42 bits per heavy atom. The van der Waals surface area contributed by atoms with Crippen LogP contribution < -0.4 is 15.5 Å². The highest BCUT2D eigenvalue weighted by Gasteiger charge is 2.19. The van der Waals surface area contributed by atoms with Crippen LogP contribution in [0.3, 0.4) is 0 Å². The molecule has 6 nitrogen and oxygen atoms in total. The molecule has 0 radical (unpaired) electrons. The first-order valence-electron chi connectivity index (χ1n) is 8.65. The molecule has 1 aliphatic heterocycles. The topological polar surface area (TPSA) is 60.0 Å². The Morgan fingerprint density at radius 1 is 1.17 bits per heavy atom. The molecule has 1 fully saturated rings. The van der Waals surface area contributed by atoms with Gasteiger partial charge in [0.15, 0.2) is 5.96 Å². The number of guanidine groups is 1. The highest BCUT2D eigenvalue weighted by atomic mass is 16.1. The van der Waals surface area contributed by atoms with E-state index in [2.05, 4.69) is 49.7 Å². The fraction of sp³-hybridized carbons (Fsp3) is 0.556. The lowest BCUT2D eigenvalue weighted by Gasteiger charge is -2.37. The quantitative estimate of drug-likeness (QED) is 0.631. The summed E-state index contributed by atoms with van der Waals surface area (Å²) in [7, 11) is 1.79. The number of nitrogens with one attached hydrogen (secondary N) is 2. The number of hydrogen-bond acceptors (Lipinski definition) is 3. The van der Waals surface area contributed by atoms with Gasteiger partial charge in [0.05, 0.1) is 0 Å². The number of hydrogen-bond donors (Lipinski definition) is 2. The average Bonchev–Trinajstić information content (AvgIpc) is 2.59. The van der Waals surface area contributed by atoms with Gasteiger partial charge in [-0.3, -0.25) is 9.79 Å². The first kappa shape index (κ1) is 18.1. The predicted molar refractivity (Wildman–Crippen MR) is 99.5 cm³/mol. The van der Waals surface area contributed by atoms with Gasteiger partial charge in [0.2, 0.25) is 5.91 Å². The van der Waals surface area contributed by atoms with Crippen LogP contribution in [0.1, 0.15) is 20.3 Å². The van der Waals surface area contributed by atoms with E-state index in [1.807, 2.05) is 19.9 Å². The average molecular weight is 331 g/mol. The molecule has 0 aromatic heterocycles. The summed E-state index contributed by atoms with van der Waals surface area (Å²) < 4.78 is 0. The van der Waals surface area contributed by atoms with Crippen LogP contribution in [0.2, 0.25) is 0 Å². The number of carbonyl (C=O) groups is 1. The number of aliphatic imine (C=N–C) groups is 1. The molecule has 0 bridgehead atoms. The van der Waals surface area contributed by atoms with E-state index in [0.717, 1.165) is 32.1 Å². The van der Waals surface area contributed by atoms with E-state index in [-0.39, 0.29) is 11.9 Å². The molecule has 0 saturated carbocycles. The molecule has 1 amide bonds. The summed E-state index contributed by atoms with van der Waals surface area (Å²) in [6.07, 6.45) is 0.460. The first-order valence-corrected chi connectivity index (χ1v) is 8.65. The standard InChI is InChI=1S/C18H29N5O/c1-15(2)21-17(24)9-10-20-18(19-3)23-13-11-22(12-14-23)16-7-5-4-6-8-16/h4-8,15H,9-14H2,1-3H3,(H,19,20)(H,21,24). The number of para-hydroxylation sites is 1. The minimum Gasteiger partial charge on any atom is -0.368 e. The predicted octanol–water partition coefficient (Wildman–Crippen LogP) is 1.30. The molecule has 24 heavy (non-hydrogen) atoms. The largest absolute Gasteiger partial charge is 0.368 e. The first-order chi connectivity index (χ1) is 11.6. The number of rotatable bonds is 5. The lowest BCUT2D eigenvalue weighted by atomic mass is 10.2. The summed E-state index contributed by atoms with van der Waals surface area (Å²) in [5.74, 6) is 0.946. The number of nitrogens with zero attached hydrogens (tertiary/aromatic N) is 3. The second-order valence-corrected chi connectivity index (χ2v) is 6.26. The van der Waals surface area contributed by atoms with Gasteiger partial charge in [0, 0.05) is 57.9 Å². The third-order valence-corrected chi connectivity index (χ3v) is 4.00. The summed E-state index contributed by atoms with van der Waals surface area (Å²) in [4.78, 5) is 20.7. The van der Waals surface area contributed by atoms with Crippen LogP contribution in [0.25, 0.3) is 0 Å². The van der Waals surface area contributed by atoms with E-state index in [1.54, 1.807) is 7.05 Å². The smallest absolute Gasteiger partial charge is 0.221 e. The summed E-state index contributed by atoms with van der Waals surface area (Å²) in [6, 6.07) is 10.7. The zero-order valence-corrected chi connectivity index (χ0v) is 15.0. The molecule has 132 valence electrons. The molecule has 0 spiro atoms. The molecule has 2 rings (SSSR count). The van der Waals surface area contributed by atoms with Crippen molar-refractivity contribution < 1.29 is 4.79 Å². The monoisotopic (exact) mass is 331 g/mol. The van der Waals surface area contributed by atoms with Crippen LogP contribution in [0.4, 0.5) is 5.69 Å². The second-order valence-electron chi connectivity index (χ2n) is 6.26. The van der Waals surface area contributed by atoms with E-state index in [1.165, 1.54) is 5.69 Å². The minimum absolute atomic E-state index is 0.0712. The summed E-state index contributed by atoms with van der Waals surface area (Å²) in [5, 5.41) is 6.19. The Kier molecular flexibility index (Phi) is 6.90. The number of piperazine rings is 1. The Hall–Kier alpha value is -2.24. The van der Waals surface area contributed by atoms with Crippen LogP contribution in [0.5, 0.6) is 0 Å². The van der Waals surface area contributed by atoms with Crippen molar-refractivity contribution in [3.63, 3.8) is 0 Å². The Bertz CT molecular complexity index is 536. The van der Waals surface area contributed by atoms with Crippen molar-refractivity contribution in [2.24, 2.45) is 4.99 Å². The van der Waals surface area contributed by atoms with Gasteiger partial charge < -0.3 is 20.4 Å². The molecule has 1 saturated heterocycles. The van der Waals surface area contributed by atoms with Gasteiger partial charge in [0.25, 0.3) is 0 Å². The lowest BCUT2D eigenvalue weighted by Crippen LogP contribution is -2.53. The van der Waals surface area contributed by atoms with Gasteiger partial charge in [-0.2, -0.15) is 0 Å². The van der Waals surface area contributed by atoms with Crippen molar-refractivity contribution in [3.8, 4) is 0 Å². The SMILES string of the molecule is CN=C(NCCC(=O)NC(C)C)N1CCN(c2ccccc2)CC1. The zero-order chi connectivity index (χ0) is 17.4. The maximum atomic E-state index is 11.7. The van der Waals surface area contributed by atoms with Gasteiger partial charge in [-0.05, 0) is 26.0 Å². The van der Waals surface area contributed by atoms with Crippen molar-refractivity contribution in [2.45, 2.75) is 26.3 Å². The Balaban J connectivity index is 1.76. The third kappa shape index (κ3) is 5.44. The molecule has 1 aromatic rings. The zero-order valence-electron chi connectivity index (χ0n) is 15.0. The number of anilines is 1. The summed E-state index contributed by atoms with van der Waals surface area (Å²) >= 11 is 0. The van der Waals surface area contributed by atoms with Gasteiger partial charge in [-0.1, -0.05) is 18.2 Å². The van der Waals surface area contributed by atoms with E-state index >= 15 is 0 Å². The van der Waals surface area contributed by atoms with Crippen molar-refractivity contribution in [2.75, 3.05) is 44.7 Å². The van der Waals surface area contributed by atoms with Gasteiger partial charge in [0.1, 0.15) is 0 Å². The molecule has 1 aromatic carbocycles. The maximum absolute atomic E-state index is 11.7. The highest BCUT2D eigenvalue weighted by Crippen LogP contribution is 2.15. The molecule has 1 heterocycles. The van der Waals surface area contributed by atoms with Crippen LogP contribution >= 0.6 is 0 Å². The Labute approximate surface area is 144 Å². The van der Waals surface area contributed by atoms with Gasteiger partial charge in [-0.15, -0.1) is 0 Å². The van der Waals surface area contributed by atoms with E-state index in [4.69, 9.17) is 0 Å². The highest BCUT2D eigenvalue weighted by molar-refractivity contribution is 5.81. The van der Waals surface area contributed by atoms with Crippen LogP contribution in [0.15, 0.2) is 35.3 Å². The fourth-order valence-electron chi connectivity index (χ4n) is 2.83. The fourth-order valence-corrected chi connectivity index (χ4v) is 2.83. The van der Waals surface area contributed by atoms with Crippen molar-refractivity contribution in [1.82, 2.24) is 15.5 Å². The molecule has 6 heteroatoms. The number of carbonyl (C=O) groups excluding carboxylic acids is 1. The molecule has 1 aliphatic rings. The molecule has 0 aliphatic carbocycles.